The third-order valence-corrected chi connectivity index (χ3v) is 7.38. The van der Waals surface area contributed by atoms with E-state index in [4.69, 9.17) is 14.1 Å². The highest BCUT2D eigenvalue weighted by Crippen LogP contribution is 2.39. The van der Waals surface area contributed by atoms with Gasteiger partial charge in [-0.05, 0) is 62.3 Å². The Labute approximate surface area is 219 Å². The summed E-state index contributed by atoms with van der Waals surface area (Å²) in [6.07, 6.45) is 7.60. The van der Waals surface area contributed by atoms with Crippen LogP contribution in [0, 0.1) is 0 Å². The molecule has 192 valence electrons. The van der Waals surface area contributed by atoms with E-state index in [1.54, 1.807) is 6.26 Å². The third kappa shape index (κ3) is 3.74. The minimum absolute atomic E-state index is 0.0911. The second-order valence-corrected chi connectivity index (χ2v) is 10.2. The second kappa shape index (κ2) is 8.97. The topological polar surface area (TPSA) is 96.9 Å². The second-order valence-electron chi connectivity index (χ2n) is 10.2. The highest BCUT2D eigenvalue weighted by molar-refractivity contribution is 6.08. The van der Waals surface area contributed by atoms with Crippen LogP contribution in [0.15, 0.2) is 59.5 Å². The Morgan fingerprint density at radius 2 is 2.08 bits per heavy atom. The lowest BCUT2D eigenvalue weighted by atomic mass is 9.95. The molecule has 2 aliphatic heterocycles. The van der Waals surface area contributed by atoms with Crippen molar-refractivity contribution >= 4 is 33.9 Å². The lowest BCUT2D eigenvalue weighted by Gasteiger charge is -2.19. The molecule has 2 N–H and O–H groups in total. The van der Waals surface area contributed by atoms with Crippen molar-refractivity contribution in [3.63, 3.8) is 0 Å². The smallest absolute Gasteiger partial charge is 0.254 e. The number of fused-ring (bicyclic) bond motifs is 4. The predicted molar refractivity (Wildman–Crippen MR) is 144 cm³/mol. The fourth-order valence-corrected chi connectivity index (χ4v) is 5.69. The first-order chi connectivity index (χ1) is 18.6. The van der Waals surface area contributed by atoms with Crippen molar-refractivity contribution in [2.24, 2.45) is 0 Å². The van der Waals surface area contributed by atoms with E-state index < -0.39 is 0 Å². The Morgan fingerprint density at radius 3 is 2.92 bits per heavy atom. The van der Waals surface area contributed by atoms with E-state index in [1.807, 2.05) is 55.3 Å². The summed E-state index contributed by atoms with van der Waals surface area (Å²) in [4.78, 5) is 20.1. The molecule has 2 aliphatic rings. The molecule has 5 aromatic rings. The molecule has 4 aromatic heterocycles. The number of carbonyl (C=O) groups is 1. The number of amides is 1. The van der Waals surface area contributed by atoms with Crippen LogP contribution in [0.3, 0.4) is 0 Å². The molecular weight excluding hydrogens is 480 g/mol. The number of benzene rings is 1. The van der Waals surface area contributed by atoms with Gasteiger partial charge in [0.25, 0.3) is 5.91 Å². The van der Waals surface area contributed by atoms with Gasteiger partial charge in [-0.3, -0.25) is 4.79 Å². The Kier molecular flexibility index (Phi) is 5.41. The zero-order chi connectivity index (χ0) is 25.8. The summed E-state index contributed by atoms with van der Waals surface area (Å²) < 4.78 is 13.4. The van der Waals surface area contributed by atoms with Crippen LogP contribution >= 0.6 is 0 Å². The first kappa shape index (κ1) is 22.9. The van der Waals surface area contributed by atoms with E-state index in [-0.39, 0.29) is 12.0 Å². The van der Waals surface area contributed by atoms with Crippen molar-refractivity contribution in [2.45, 2.75) is 32.0 Å². The Bertz CT molecular complexity index is 1700. The van der Waals surface area contributed by atoms with Gasteiger partial charge in [0.15, 0.2) is 0 Å². The summed E-state index contributed by atoms with van der Waals surface area (Å²) in [5, 5.41) is 12.0. The molecule has 1 saturated heterocycles. The van der Waals surface area contributed by atoms with Gasteiger partial charge in [-0.25, -0.2) is 9.50 Å². The van der Waals surface area contributed by atoms with E-state index in [2.05, 4.69) is 32.8 Å². The number of ether oxygens (including phenoxy) is 1. The van der Waals surface area contributed by atoms with E-state index in [0.29, 0.717) is 24.5 Å². The molecule has 0 spiro atoms. The Balaban J connectivity index is 1.29. The number of hydrogen-bond donors (Lipinski definition) is 2. The number of aromatic nitrogens is 3. The molecule has 0 radical (unpaired) electrons. The van der Waals surface area contributed by atoms with E-state index in [1.165, 1.54) is 0 Å². The largest absolute Gasteiger partial charge is 0.464 e. The van der Waals surface area contributed by atoms with Gasteiger partial charge in [0.1, 0.15) is 11.4 Å². The monoisotopic (exact) mass is 508 g/mol. The molecule has 0 saturated carbocycles. The van der Waals surface area contributed by atoms with Crippen LogP contribution in [0.4, 0.5) is 11.5 Å². The fourth-order valence-electron chi connectivity index (χ4n) is 5.69. The summed E-state index contributed by atoms with van der Waals surface area (Å²) in [6, 6.07) is 12.0. The van der Waals surface area contributed by atoms with Gasteiger partial charge in [0, 0.05) is 42.4 Å². The summed E-state index contributed by atoms with van der Waals surface area (Å²) in [5.74, 6) is 0.605. The summed E-state index contributed by atoms with van der Waals surface area (Å²) >= 11 is 0. The number of pyridine rings is 2. The van der Waals surface area contributed by atoms with Crippen LogP contribution in [0.25, 0.3) is 27.6 Å². The number of hydrogen-bond acceptors (Lipinski definition) is 7. The van der Waals surface area contributed by atoms with Gasteiger partial charge in [0.05, 0.1) is 41.0 Å². The van der Waals surface area contributed by atoms with Crippen LogP contribution in [-0.4, -0.2) is 46.1 Å². The maximum Gasteiger partial charge on any atom is 0.254 e. The van der Waals surface area contributed by atoms with Crippen molar-refractivity contribution in [3.8, 4) is 11.1 Å². The Hall–Kier alpha value is -4.21. The predicted octanol–water partition coefficient (Wildman–Crippen LogP) is 5.04. The van der Waals surface area contributed by atoms with Crippen molar-refractivity contribution in [3.05, 3.63) is 77.4 Å². The highest BCUT2D eigenvalue weighted by atomic mass is 16.5. The molecule has 1 fully saturated rings. The van der Waals surface area contributed by atoms with Crippen LogP contribution < -0.4 is 10.6 Å². The quantitative estimate of drug-likeness (QED) is 0.332. The van der Waals surface area contributed by atoms with Crippen LogP contribution in [0.2, 0.25) is 0 Å². The van der Waals surface area contributed by atoms with Crippen LogP contribution in [0.5, 0.6) is 0 Å². The number of furan rings is 1. The van der Waals surface area contributed by atoms with Crippen molar-refractivity contribution in [1.82, 2.24) is 24.8 Å². The molecule has 38 heavy (non-hydrogen) atoms. The lowest BCUT2D eigenvalue weighted by molar-refractivity contribution is 0.0966. The fraction of sp³-hybridized carbons (Fsp3) is 0.276. The van der Waals surface area contributed by atoms with Crippen LogP contribution in [-0.2, 0) is 17.8 Å². The van der Waals surface area contributed by atoms with Gasteiger partial charge in [-0.1, -0.05) is 12.1 Å². The van der Waals surface area contributed by atoms with E-state index >= 15 is 0 Å². The minimum Gasteiger partial charge on any atom is -0.464 e. The standard InChI is InChI=1S/C29H28N6O3/c1-34(2)16-23-18(24-4-3-12-37-24)6-8-26(33-23)32-22-7-5-17(20-14-30-29(36)27(20)22)21-15-31-35-11-9-25-19(28(21)35)10-13-38-25/h5-11,13,15,24H,3-4,12,14,16H2,1-2H3,(H,30,36)(H,32,33). The van der Waals surface area contributed by atoms with E-state index in [0.717, 1.165) is 69.6 Å². The SMILES string of the molecule is CN(C)Cc1nc(Nc2ccc(-c3cnn4ccc5occc5c34)c3c2C(=O)NC3)ccc1C1CCCO1. The number of nitrogens with one attached hydrogen (secondary N) is 2. The molecule has 1 aromatic carbocycles. The van der Waals surface area contributed by atoms with Crippen LogP contribution in [0.1, 0.15) is 46.1 Å². The van der Waals surface area contributed by atoms with Gasteiger partial charge < -0.3 is 24.7 Å². The van der Waals surface area contributed by atoms with Gasteiger partial charge in [-0.2, -0.15) is 5.10 Å². The number of rotatable bonds is 6. The maximum atomic E-state index is 13.0. The third-order valence-electron chi connectivity index (χ3n) is 7.38. The van der Waals surface area contributed by atoms with Gasteiger partial charge in [0.2, 0.25) is 0 Å². The average molecular weight is 509 g/mol. The zero-order valence-corrected chi connectivity index (χ0v) is 21.3. The molecule has 0 aliphatic carbocycles. The lowest BCUT2D eigenvalue weighted by Crippen LogP contribution is -2.16. The Morgan fingerprint density at radius 1 is 1.16 bits per heavy atom. The summed E-state index contributed by atoms with van der Waals surface area (Å²) in [5.41, 5.74) is 8.13. The first-order valence-corrected chi connectivity index (χ1v) is 12.9. The molecule has 6 heterocycles. The maximum absolute atomic E-state index is 13.0. The molecule has 9 nitrogen and oxygen atoms in total. The number of carbonyl (C=O) groups excluding carboxylic acids is 1. The molecule has 9 heteroatoms. The van der Waals surface area contributed by atoms with Gasteiger partial charge in [-0.15, -0.1) is 0 Å². The molecule has 7 rings (SSSR count). The summed E-state index contributed by atoms with van der Waals surface area (Å²) in [7, 11) is 4.07. The minimum atomic E-state index is -0.0984. The highest BCUT2D eigenvalue weighted by Gasteiger charge is 2.28. The molecule has 0 bridgehead atoms. The molecule has 1 unspecified atom stereocenters. The van der Waals surface area contributed by atoms with E-state index in [9.17, 15) is 4.79 Å². The zero-order valence-electron chi connectivity index (χ0n) is 21.3. The molecular formula is C29H28N6O3. The number of nitrogens with zero attached hydrogens (tertiary/aromatic N) is 4. The number of anilines is 2. The van der Waals surface area contributed by atoms with Crippen molar-refractivity contribution < 1.29 is 13.9 Å². The summed E-state index contributed by atoms with van der Waals surface area (Å²) in [6.45, 7) is 1.95. The molecule has 1 amide bonds. The molecule has 1 atom stereocenters. The first-order valence-electron chi connectivity index (χ1n) is 12.9. The average Bonchev–Trinajstić information content (AvgIpc) is 3.70. The van der Waals surface area contributed by atoms with Crippen molar-refractivity contribution in [2.75, 3.05) is 26.0 Å². The van der Waals surface area contributed by atoms with Gasteiger partial charge >= 0.3 is 0 Å². The normalized spacial score (nSPS) is 17.0. The van der Waals surface area contributed by atoms with Crippen molar-refractivity contribution in [1.29, 1.82) is 0 Å².